The molecule has 0 heterocycles. The van der Waals surface area contributed by atoms with Crippen molar-refractivity contribution in [1.29, 1.82) is 0 Å². The summed E-state index contributed by atoms with van der Waals surface area (Å²) in [7, 11) is 0. The molecule has 0 aromatic carbocycles. The lowest BCUT2D eigenvalue weighted by atomic mass is 10.5. The van der Waals surface area contributed by atoms with Crippen molar-refractivity contribution in [3.63, 3.8) is 0 Å². The molecule has 0 aliphatic heterocycles. The first-order valence-electron chi connectivity index (χ1n) is 16.7. The molecule has 0 aliphatic rings. The van der Waals surface area contributed by atoms with Crippen LogP contribution >= 0.6 is 0 Å². The maximum Gasteiger partial charge on any atom is -0.0000000000143 e. The third-order valence-corrected chi connectivity index (χ3v) is 3.43. The van der Waals surface area contributed by atoms with Gasteiger partial charge in [-0.1, -0.05) is 42.9 Å². The second kappa shape index (κ2) is 85.1. The Morgan fingerprint density at radius 2 is 0.209 bits per heavy atom. The Balaban J connectivity index is -0.000000132. The summed E-state index contributed by atoms with van der Waals surface area (Å²) in [6.07, 6.45) is 28.7. The van der Waals surface area contributed by atoms with E-state index in [0.29, 0.717) is 0 Å². The van der Waals surface area contributed by atoms with E-state index >= 15 is 0 Å². The largest absolute Gasteiger partial charge is 0.106 e. The van der Waals surface area contributed by atoms with Crippen LogP contribution in [0.2, 0.25) is 0 Å². The SMILES string of the molecule is C.C#CC#CC#C.C#CC#CC#CC#CC#C.C#CC#CC#CC#CC#CC#CC#C.CC#CC#CC#CC.CC#CC#CC#CC#CC#CC.CC#CC#CC#CC#CC#CC#CC#CC. The fourth-order valence-corrected chi connectivity index (χ4v) is 1.53. The van der Waals surface area contributed by atoms with Crippen molar-refractivity contribution in [2.24, 2.45) is 0 Å². The third-order valence-electron chi connectivity index (χ3n) is 3.43. The highest BCUT2D eigenvalue weighted by Gasteiger charge is 1.59. The highest BCUT2D eigenvalue weighted by molar-refractivity contribution is 5.47. The van der Waals surface area contributed by atoms with Gasteiger partial charge in [-0.15, -0.1) is 38.5 Å². The van der Waals surface area contributed by atoms with Crippen molar-refractivity contribution in [2.75, 3.05) is 0 Å². The first kappa shape index (κ1) is 68.5. The van der Waals surface area contributed by atoms with Crippen LogP contribution in [0.25, 0.3) is 0 Å². The van der Waals surface area contributed by atoms with Crippen LogP contribution < -0.4 is 0 Å². The van der Waals surface area contributed by atoms with Crippen LogP contribution in [-0.2, 0) is 0 Å². The van der Waals surface area contributed by atoms with Gasteiger partial charge in [-0.05, 0) is 326 Å². The Morgan fingerprint density at radius 1 is 0.134 bits per heavy atom. The highest BCUT2D eigenvalue weighted by Crippen LogP contribution is 1.60. The van der Waals surface area contributed by atoms with Crippen molar-refractivity contribution in [3.8, 4) is 358 Å². The van der Waals surface area contributed by atoms with Gasteiger partial charge >= 0.3 is 0 Å². The van der Waals surface area contributed by atoms with Gasteiger partial charge in [-0.3, -0.25) is 0 Å². The Labute approximate surface area is 405 Å². The molecule has 67 heavy (non-hydrogen) atoms. The molecule has 0 rings (SSSR count). The lowest BCUT2D eigenvalue weighted by Crippen LogP contribution is -1.55. The minimum atomic E-state index is 0. The van der Waals surface area contributed by atoms with Crippen LogP contribution in [-0.4, -0.2) is 0 Å². The minimum absolute atomic E-state index is 0. The van der Waals surface area contributed by atoms with Gasteiger partial charge in [0.05, 0.1) is 0 Å². The topological polar surface area (TPSA) is 0 Å². The van der Waals surface area contributed by atoms with Gasteiger partial charge in [-0.2, -0.15) is 0 Å². The second-order valence-electron chi connectivity index (χ2n) is 7.62. The summed E-state index contributed by atoms with van der Waals surface area (Å²) in [5.74, 6) is 132. The number of hydrogen-bond acceptors (Lipinski definition) is 0. The van der Waals surface area contributed by atoms with E-state index in [1.807, 2.05) is 0 Å². The van der Waals surface area contributed by atoms with Crippen molar-refractivity contribution < 1.29 is 0 Å². The van der Waals surface area contributed by atoms with Crippen LogP contribution in [0, 0.1) is 358 Å². The standard InChI is InChI=1S/C16H6.C14H2.C12H6.C10H2.C8H6.C6H2.CH4/c1-3-5-7-9-11-13-15-16-14-12-10-8-6-4-2;1-3-5-7-9-11-13-14-12-10-8-6-4-2;1-3-5-7-9-11-12-10-8-6-4-2;1-3-5-7-9-10-8-6-4-2;1-3-5-7-8-6-4-2;1-3-5-6-4-2;/h1-2H3;1-2H;1-2H3;1-2H;1-2H3;1-2H;1H4. The van der Waals surface area contributed by atoms with Gasteiger partial charge in [0.25, 0.3) is 0 Å². The van der Waals surface area contributed by atoms with Crippen LogP contribution in [0.1, 0.15) is 49.0 Å². The van der Waals surface area contributed by atoms with Gasteiger partial charge in [0.15, 0.2) is 0 Å². The summed E-state index contributed by atoms with van der Waals surface area (Å²) in [6, 6.07) is 0. The summed E-state index contributed by atoms with van der Waals surface area (Å²) < 4.78 is 0. The van der Waals surface area contributed by atoms with Crippen molar-refractivity contribution >= 4 is 0 Å². The minimum Gasteiger partial charge on any atom is -0.106 e. The van der Waals surface area contributed by atoms with E-state index in [9.17, 15) is 0 Å². The molecule has 0 spiro atoms. The van der Waals surface area contributed by atoms with E-state index in [-0.39, 0.29) is 7.43 Å². The molecule has 0 N–H and O–H groups in total. The molecule has 0 saturated heterocycles. The van der Waals surface area contributed by atoms with Crippen LogP contribution in [0.15, 0.2) is 0 Å². The van der Waals surface area contributed by atoms with Gasteiger partial charge in [0, 0.05) is 0 Å². The summed E-state index contributed by atoms with van der Waals surface area (Å²) in [4.78, 5) is 0. The van der Waals surface area contributed by atoms with E-state index in [1.54, 1.807) is 41.5 Å². The molecule has 0 aliphatic carbocycles. The van der Waals surface area contributed by atoms with Gasteiger partial charge in [-0.25, -0.2) is 0 Å². The zero-order valence-corrected chi connectivity index (χ0v) is 36.5. The molecule has 0 saturated carbocycles. The van der Waals surface area contributed by atoms with Crippen molar-refractivity contribution in [3.05, 3.63) is 0 Å². The molecule has 0 heteroatoms. The molecule has 0 radical (unpaired) electrons. The van der Waals surface area contributed by atoms with E-state index < -0.39 is 0 Å². The molecule has 0 aromatic heterocycles. The van der Waals surface area contributed by atoms with Crippen LogP contribution in [0.3, 0.4) is 0 Å². The molecule has 0 amide bonds. The van der Waals surface area contributed by atoms with Crippen molar-refractivity contribution in [1.82, 2.24) is 0 Å². The van der Waals surface area contributed by atoms with Crippen molar-refractivity contribution in [2.45, 2.75) is 49.0 Å². The molecule has 0 nitrogen and oxygen atoms in total. The number of terminal acetylenes is 6. The molecule has 0 atom stereocenters. The summed E-state index contributed by atoms with van der Waals surface area (Å²) in [5, 5.41) is 0. The highest BCUT2D eigenvalue weighted by atomic mass is 13.6. The first-order valence-corrected chi connectivity index (χ1v) is 16.7. The Hall–Kier alpha value is -13.2. The Morgan fingerprint density at radius 3 is 0.299 bits per heavy atom. The summed E-state index contributed by atoms with van der Waals surface area (Å²) >= 11 is 0. The third kappa shape index (κ3) is 113. The molecule has 0 aromatic rings. The molecule has 296 valence electrons. The zero-order chi connectivity index (χ0) is 50.2. The fourth-order valence-electron chi connectivity index (χ4n) is 1.53. The average Bonchev–Trinajstić information content (AvgIpc) is 3.34. The van der Waals surface area contributed by atoms with Gasteiger partial charge < -0.3 is 0 Å². The number of hydrogen-bond donors (Lipinski definition) is 0. The van der Waals surface area contributed by atoms with Gasteiger partial charge in [0.1, 0.15) is 0 Å². The lowest BCUT2D eigenvalue weighted by Gasteiger charge is -1.56. The predicted molar refractivity (Wildman–Crippen MR) is 280 cm³/mol. The molecule has 0 bridgehead atoms. The molecule has 0 fully saturated rings. The van der Waals surface area contributed by atoms with E-state index in [4.69, 9.17) is 38.5 Å². The van der Waals surface area contributed by atoms with E-state index in [1.165, 1.54) is 0 Å². The molecule has 0 unspecified atom stereocenters. The Bertz CT molecular complexity index is 3390. The Kier molecular flexibility index (Phi) is 87.0. The molecular formula is C67H28. The average molecular weight is 833 g/mol. The van der Waals surface area contributed by atoms with Crippen LogP contribution in [0.4, 0.5) is 0 Å². The number of rotatable bonds is 0. The van der Waals surface area contributed by atoms with E-state index in [0.717, 1.165) is 0 Å². The van der Waals surface area contributed by atoms with Gasteiger partial charge in [0.2, 0.25) is 0 Å². The monoisotopic (exact) mass is 832 g/mol. The maximum atomic E-state index is 4.86. The zero-order valence-electron chi connectivity index (χ0n) is 36.5. The van der Waals surface area contributed by atoms with Crippen LogP contribution in [0.5, 0.6) is 0 Å². The normalized spacial score (nSPS) is 3.58. The summed E-state index contributed by atoms with van der Waals surface area (Å²) in [5.41, 5.74) is 0. The smallest absolute Gasteiger partial charge is 0.0000000000143 e. The predicted octanol–water partition coefficient (Wildman–Crippen LogP) is 4.55. The lowest BCUT2D eigenvalue weighted by molar-refractivity contribution is 1.92. The van der Waals surface area contributed by atoms with E-state index in [2.05, 4.69) is 320 Å². The quantitative estimate of drug-likeness (QED) is 0.315. The summed E-state index contributed by atoms with van der Waals surface area (Å²) in [6.45, 7) is 10.3. The molecular weight excluding hydrogens is 805 g/mol. The first-order chi connectivity index (χ1) is 32.5. The second-order valence-corrected chi connectivity index (χ2v) is 7.62. The fraction of sp³-hybridized carbons (Fsp3) is 0.104. The maximum absolute atomic E-state index is 4.86.